The molecule has 1 heterocycles. The zero-order valence-corrected chi connectivity index (χ0v) is 19.8. The summed E-state index contributed by atoms with van der Waals surface area (Å²) in [4.78, 5) is 15.3. The largest absolute Gasteiger partial charge is 0.439 e. The molecule has 0 bridgehead atoms. The Balaban J connectivity index is 1.73. The normalized spacial score (nSPS) is 13.9. The van der Waals surface area contributed by atoms with Crippen LogP contribution in [0.15, 0.2) is 54.6 Å². The fourth-order valence-electron chi connectivity index (χ4n) is 4.53. The minimum absolute atomic E-state index is 0.0971. The molecule has 174 valence electrons. The lowest BCUT2D eigenvalue weighted by Gasteiger charge is -2.26. The van der Waals surface area contributed by atoms with Crippen LogP contribution in [0.5, 0.6) is 11.6 Å². The van der Waals surface area contributed by atoms with Gasteiger partial charge in [0.2, 0.25) is 11.8 Å². The zero-order chi connectivity index (χ0) is 23.2. The molecular formula is C27H33N3O3. The van der Waals surface area contributed by atoms with Gasteiger partial charge in [0, 0.05) is 32.2 Å². The van der Waals surface area contributed by atoms with Gasteiger partial charge in [-0.2, -0.15) is 5.10 Å². The van der Waals surface area contributed by atoms with E-state index in [4.69, 9.17) is 14.6 Å². The van der Waals surface area contributed by atoms with Crippen molar-refractivity contribution in [1.82, 2.24) is 14.7 Å². The number of carbonyl (C=O) groups is 1. The van der Waals surface area contributed by atoms with Crippen LogP contribution < -0.4 is 4.74 Å². The van der Waals surface area contributed by atoms with E-state index in [0.717, 1.165) is 53.8 Å². The third-order valence-electron chi connectivity index (χ3n) is 6.27. The molecule has 0 unspecified atom stereocenters. The molecule has 0 N–H and O–H groups in total. The van der Waals surface area contributed by atoms with Gasteiger partial charge in [-0.3, -0.25) is 4.79 Å². The highest BCUT2D eigenvalue weighted by Crippen LogP contribution is 2.35. The van der Waals surface area contributed by atoms with Crippen molar-refractivity contribution in [2.24, 2.45) is 13.0 Å². The molecule has 1 aromatic heterocycles. The minimum Gasteiger partial charge on any atom is -0.439 e. The van der Waals surface area contributed by atoms with Gasteiger partial charge in [-0.15, -0.1) is 0 Å². The standard InChI is InChI=1S/C27H33N3O3/c1-20-10-9-15-23(18-20)33-27-24(25(28-29(27)2)21-11-5-4-6-12-21)19-30(16-17-32-3)26(31)22-13-7-8-14-22/h4-6,9-12,15,18,22H,7-8,13-14,16-17,19H2,1-3H3. The maximum absolute atomic E-state index is 13.4. The van der Waals surface area contributed by atoms with Crippen molar-refractivity contribution in [3.8, 4) is 22.9 Å². The monoisotopic (exact) mass is 447 g/mol. The van der Waals surface area contributed by atoms with E-state index in [2.05, 4.69) is 0 Å². The summed E-state index contributed by atoms with van der Waals surface area (Å²) >= 11 is 0. The van der Waals surface area contributed by atoms with E-state index in [1.54, 1.807) is 11.8 Å². The number of carbonyl (C=O) groups excluding carboxylic acids is 1. The van der Waals surface area contributed by atoms with Gasteiger partial charge in [0.15, 0.2) is 0 Å². The molecular weight excluding hydrogens is 414 g/mol. The second kappa shape index (κ2) is 10.7. The molecule has 1 saturated carbocycles. The van der Waals surface area contributed by atoms with Gasteiger partial charge in [0.05, 0.1) is 18.7 Å². The number of hydrogen-bond acceptors (Lipinski definition) is 4. The molecule has 0 saturated heterocycles. The van der Waals surface area contributed by atoms with Crippen LogP contribution in [0.1, 0.15) is 36.8 Å². The number of benzene rings is 2. The summed E-state index contributed by atoms with van der Waals surface area (Å²) in [5.41, 5.74) is 3.87. The number of aromatic nitrogens is 2. The lowest BCUT2D eigenvalue weighted by molar-refractivity contribution is -0.136. The number of amides is 1. The average Bonchev–Trinajstić information content (AvgIpc) is 3.46. The first-order chi connectivity index (χ1) is 16.1. The Hall–Kier alpha value is -3.12. The molecule has 6 heteroatoms. The summed E-state index contributed by atoms with van der Waals surface area (Å²) in [6, 6.07) is 18.0. The van der Waals surface area contributed by atoms with E-state index in [1.165, 1.54) is 0 Å². The highest BCUT2D eigenvalue weighted by Gasteiger charge is 2.30. The number of hydrogen-bond donors (Lipinski definition) is 0. The van der Waals surface area contributed by atoms with Gasteiger partial charge in [0.25, 0.3) is 0 Å². The smallest absolute Gasteiger partial charge is 0.226 e. The molecule has 33 heavy (non-hydrogen) atoms. The van der Waals surface area contributed by atoms with Gasteiger partial charge >= 0.3 is 0 Å². The summed E-state index contributed by atoms with van der Waals surface area (Å²) in [5, 5.41) is 4.81. The highest BCUT2D eigenvalue weighted by molar-refractivity contribution is 5.79. The van der Waals surface area contributed by atoms with Crippen LogP contribution in [-0.4, -0.2) is 40.8 Å². The second-order valence-corrected chi connectivity index (χ2v) is 8.77. The first-order valence-corrected chi connectivity index (χ1v) is 11.7. The van der Waals surface area contributed by atoms with Crippen molar-refractivity contribution in [3.63, 3.8) is 0 Å². The van der Waals surface area contributed by atoms with Crippen molar-refractivity contribution in [2.75, 3.05) is 20.3 Å². The maximum atomic E-state index is 13.4. The molecule has 3 aromatic rings. The molecule has 2 aromatic carbocycles. The number of ether oxygens (including phenoxy) is 2. The van der Waals surface area contributed by atoms with Gasteiger partial charge in [-0.25, -0.2) is 4.68 Å². The molecule has 1 fully saturated rings. The van der Waals surface area contributed by atoms with Gasteiger partial charge in [-0.1, -0.05) is 55.3 Å². The molecule has 0 atom stereocenters. The molecule has 1 aliphatic carbocycles. The Kier molecular flexibility index (Phi) is 7.45. The van der Waals surface area contributed by atoms with Crippen molar-refractivity contribution in [1.29, 1.82) is 0 Å². The molecule has 0 spiro atoms. The van der Waals surface area contributed by atoms with E-state index in [1.807, 2.05) is 73.5 Å². The molecule has 1 amide bonds. The molecule has 0 radical (unpaired) electrons. The van der Waals surface area contributed by atoms with Gasteiger partial charge in [-0.05, 0) is 37.5 Å². The van der Waals surface area contributed by atoms with Crippen LogP contribution in [0.3, 0.4) is 0 Å². The Morgan fingerprint density at radius 2 is 1.88 bits per heavy atom. The molecule has 1 aliphatic rings. The van der Waals surface area contributed by atoms with Crippen LogP contribution in [0, 0.1) is 12.8 Å². The summed E-state index contributed by atoms with van der Waals surface area (Å²) in [6.07, 6.45) is 4.18. The average molecular weight is 448 g/mol. The van der Waals surface area contributed by atoms with Crippen LogP contribution in [0.4, 0.5) is 0 Å². The predicted octanol–water partition coefficient (Wildman–Crippen LogP) is 5.35. The number of nitrogens with zero attached hydrogens (tertiary/aromatic N) is 3. The van der Waals surface area contributed by atoms with E-state index >= 15 is 0 Å². The van der Waals surface area contributed by atoms with E-state index in [0.29, 0.717) is 25.6 Å². The quantitative estimate of drug-likeness (QED) is 0.444. The number of rotatable bonds is 9. The van der Waals surface area contributed by atoms with Gasteiger partial charge in [0.1, 0.15) is 11.4 Å². The van der Waals surface area contributed by atoms with Crippen molar-refractivity contribution in [2.45, 2.75) is 39.2 Å². The Morgan fingerprint density at radius 1 is 1.12 bits per heavy atom. The highest BCUT2D eigenvalue weighted by atomic mass is 16.5. The van der Waals surface area contributed by atoms with E-state index in [9.17, 15) is 4.79 Å². The lowest BCUT2D eigenvalue weighted by atomic mass is 10.0. The Labute approximate surface area is 196 Å². The van der Waals surface area contributed by atoms with Crippen LogP contribution in [-0.2, 0) is 23.1 Å². The SMILES string of the molecule is COCCN(Cc1c(-c2ccccc2)nn(C)c1Oc1cccc(C)c1)C(=O)C1CCCC1. The summed E-state index contributed by atoms with van der Waals surface area (Å²) in [6.45, 7) is 3.50. The first-order valence-electron chi connectivity index (χ1n) is 11.7. The minimum atomic E-state index is 0.0971. The fraction of sp³-hybridized carbons (Fsp3) is 0.407. The number of aryl methyl sites for hydroxylation is 2. The first kappa shape index (κ1) is 23.1. The molecule has 0 aliphatic heterocycles. The maximum Gasteiger partial charge on any atom is 0.226 e. The van der Waals surface area contributed by atoms with Crippen molar-refractivity contribution < 1.29 is 14.3 Å². The summed E-state index contributed by atoms with van der Waals surface area (Å²) < 4.78 is 13.5. The Bertz CT molecular complexity index is 1070. The third-order valence-corrected chi connectivity index (χ3v) is 6.27. The summed E-state index contributed by atoms with van der Waals surface area (Å²) in [5.74, 6) is 1.71. The third kappa shape index (κ3) is 5.45. The summed E-state index contributed by atoms with van der Waals surface area (Å²) in [7, 11) is 3.56. The Morgan fingerprint density at radius 3 is 2.58 bits per heavy atom. The van der Waals surface area contributed by atoms with E-state index < -0.39 is 0 Å². The number of methoxy groups -OCH3 is 1. The van der Waals surface area contributed by atoms with Crippen molar-refractivity contribution in [3.05, 3.63) is 65.7 Å². The predicted molar refractivity (Wildman–Crippen MR) is 129 cm³/mol. The molecule has 4 rings (SSSR count). The topological polar surface area (TPSA) is 56.6 Å². The van der Waals surface area contributed by atoms with Crippen LogP contribution >= 0.6 is 0 Å². The lowest BCUT2D eigenvalue weighted by Crippen LogP contribution is -2.37. The zero-order valence-electron chi connectivity index (χ0n) is 19.8. The van der Waals surface area contributed by atoms with Crippen molar-refractivity contribution >= 4 is 5.91 Å². The second-order valence-electron chi connectivity index (χ2n) is 8.77. The van der Waals surface area contributed by atoms with Crippen LogP contribution in [0.25, 0.3) is 11.3 Å². The van der Waals surface area contributed by atoms with E-state index in [-0.39, 0.29) is 11.8 Å². The fourth-order valence-corrected chi connectivity index (χ4v) is 4.53. The van der Waals surface area contributed by atoms with Gasteiger partial charge < -0.3 is 14.4 Å². The molecule has 6 nitrogen and oxygen atoms in total. The van der Waals surface area contributed by atoms with Crippen LogP contribution in [0.2, 0.25) is 0 Å².